The third-order valence-corrected chi connectivity index (χ3v) is 7.54. The van der Waals surface area contributed by atoms with E-state index in [1.54, 1.807) is 43.3 Å². The fraction of sp³-hybridized carbons (Fsp3) is 0.300. The number of nitriles is 1. The molecule has 0 amide bonds. The Balaban J connectivity index is 1.64. The molecule has 1 N–H and O–H groups in total. The number of furan rings is 1. The van der Waals surface area contributed by atoms with E-state index < -0.39 is 27.9 Å². The Morgan fingerprint density at radius 3 is 2.73 bits per heavy atom. The summed E-state index contributed by atoms with van der Waals surface area (Å²) in [5.74, 6) is -0.560. The number of pyridine rings is 1. The van der Waals surface area contributed by atoms with Crippen molar-refractivity contribution in [2.75, 3.05) is 6.61 Å². The molecule has 4 aromatic rings. The van der Waals surface area contributed by atoms with Crippen LogP contribution in [0.2, 0.25) is 0 Å². The van der Waals surface area contributed by atoms with Gasteiger partial charge in [-0.3, -0.25) is 9.78 Å². The van der Waals surface area contributed by atoms with Gasteiger partial charge < -0.3 is 18.4 Å². The molecule has 2 heterocycles. The molecule has 0 saturated heterocycles. The van der Waals surface area contributed by atoms with Gasteiger partial charge in [-0.05, 0) is 69.7 Å². The number of carbonyl (C=O) groups is 1. The maximum absolute atomic E-state index is 15.7. The summed E-state index contributed by atoms with van der Waals surface area (Å²) in [4.78, 5) is 16.2. The highest BCUT2D eigenvalue weighted by molar-refractivity contribution is 7.90. The summed E-state index contributed by atoms with van der Waals surface area (Å²) < 4.78 is 47.3. The second kappa shape index (κ2) is 12.5. The standard InChI is InChI=1S/C30H30FN3O5S/c1-5-37-27(35)15-21-7-6-19(16-32)14-26(21)39-18-20-12-22-9-11-38-29(22)24(13-20)23-8-10-33-25(28(23)31)17-34-40(36)30(2,3)4/h6-14,34H,5,15,17-18H2,1-4H3/t40-/m0/s1. The highest BCUT2D eigenvalue weighted by atomic mass is 32.2. The molecule has 2 aromatic heterocycles. The zero-order chi connectivity index (χ0) is 28.9. The number of halogens is 1. The zero-order valence-electron chi connectivity index (χ0n) is 22.7. The second-order valence-electron chi connectivity index (χ2n) is 10.0. The molecule has 0 aliphatic heterocycles. The average Bonchev–Trinajstić information content (AvgIpc) is 3.40. The Morgan fingerprint density at radius 1 is 1.20 bits per heavy atom. The molecule has 2 aromatic carbocycles. The Kier molecular flexibility index (Phi) is 9.10. The molecule has 0 fully saturated rings. The van der Waals surface area contributed by atoms with Gasteiger partial charge in [-0.15, -0.1) is 4.72 Å². The fourth-order valence-electron chi connectivity index (χ4n) is 4.03. The zero-order valence-corrected chi connectivity index (χ0v) is 23.6. The number of hydrogen-bond acceptors (Lipinski definition) is 8. The van der Waals surface area contributed by atoms with Gasteiger partial charge in [0.2, 0.25) is 0 Å². The minimum atomic E-state index is -1.39. The summed E-state index contributed by atoms with van der Waals surface area (Å²) in [7, 11) is 0. The first-order valence-corrected chi connectivity index (χ1v) is 13.9. The van der Waals surface area contributed by atoms with Crippen LogP contribution in [0.4, 0.5) is 4.39 Å². The second-order valence-corrected chi connectivity index (χ2v) is 12.1. The van der Waals surface area contributed by atoms with Gasteiger partial charge in [0.1, 0.15) is 22.7 Å². The van der Waals surface area contributed by atoms with E-state index in [1.165, 1.54) is 12.5 Å². The van der Waals surface area contributed by atoms with Gasteiger partial charge >= 0.3 is 5.97 Å². The quantitative estimate of drug-likeness (QED) is 0.192. The minimum Gasteiger partial charge on any atom is -0.598 e. The van der Waals surface area contributed by atoms with Crippen molar-refractivity contribution >= 4 is 28.3 Å². The summed E-state index contributed by atoms with van der Waals surface area (Å²) in [6.45, 7) is 7.55. The molecule has 0 aliphatic rings. The van der Waals surface area contributed by atoms with Crippen molar-refractivity contribution in [3.8, 4) is 22.9 Å². The molecule has 208 valence electrons. The van der Waals surface area contributed by atoms with Crippen LogP contribution in [-0.2, 0) is 40.5 Å². The largest absolute Gasteiger partial charge is 0.598 e. The van der Waals surface area contributed by atoms with Gasteiger partial charge in [0.25, 0.3) is 0 Å². The summed E-state index contributed by atoms with van der Waals surface area (Å²) in [6, 6.07) is 13.9. The minimum absolute atomic E-state index is 0.0000607. The Morgan fingerprint density at radius 2 is 2.00 bits per heavy atom. The number of esters is 1. The topological polar surface area (TPSA) is 120 Å². The fourth-order valence-corrected chi connectivity index (χ4v) is 4.73. The average molecular weight is 564 g/mol. The molecule has 10 heteroatoms. The van der Waals surface area contributed by atoms with E-state index >= 15 is 4.39 Å². The van der Waals surface area contributed by atoms with Gasteiger partial charge in [-0.2, -0.15) is 5.26 Å². The summed E-state index contributed by atoms with van der Waals surface area (Å²) in [6.07, 6.45) is 3.03. The lowest BCUT2D eigenvalue weighted by Gasteiger charge is -2.23. The summed E-state index contributed by atoms with van der Waals surface area (Å²) >= 11 is -1.39. The van der Waals surface area contributed by atoms with E-state index in [9.17, 15) is 14.6 Å². The normalized spacial score (nSPS) is 12.2. The first-order valence-electron chi connectivity index (χ1n) is 12.7. The number of nitrogens with one attached hydrogen (secondary N) is 1. The van der Waals surface area contributed by atoms with Gasteiger partial charge in [0, 0.05) is 39.6 Å². The predicted octanol–water partition coefficient (Wildman–Crippen LogP) is 5.74. The Labute approximate surface area is 235 Å². The van der Waals surface area contributed by atoms with E-state index in [4.69, 9.17) is 13.9 Å². The third-order valence-electron chi connectivity index (χ3n) is 6.02. The third kappa shape index (κ3) is 6.80. The van der Waals surface area contributed by atoms with Crippen LogP contribution in [0.1, 0.15) is 50.1 Å². The van der Waals surface area contributed by atoms with Gasteiger partial charge in [0.15, 0.2) is 5.82 Å². The van der Waals surface area contributed by atoms with E-state index in [-0.39, 0.29) is 37.4 Å². The van der Waals surface area contributed by atoms with Crippen molar-refractivity contribution in [2.45, 2.75) is 52.0 Å². The smallest absolute Gasteiger partial charge is 0.310 e. The van der Waals surface area contributed by atoms with Crippen molar-refractivity contribution < 1.29 is 27.6 Å². The summed E-state index contributed by atoms with van der Waals surface area (Å²) in [5, 5.41) is 10.1. The molecule has 40 heavy (non-hydrogen) atoms. The van der Waals surface area contributed by atoms with Crippen molar-refractivity contribution in [2.24, 2.45) is 0 Å². The van der Waals surface area contributed by atoms with Crippen LogP contribution in [0.15, 0.2) is 59.3 Å². The number of carbonyl (C=O) groups excluding carboxylic acids is 1. The number of aromatic nitrogens is 1. The Hall–Kier alpha value is -3.91. The van der Waals surface area contributed by atoms with E-state index in [0.717, 1.165) is 10.9 Å². The van der Waals surface area contributed by atoms with Crippen molar-refractivity contribution in [3.63, 3.8) is 0 Å². The van der Waals surface area contributed by atoms with Gasteiger partial charge in [-0.1, -0.05) is 6.07 Å². The van der Waals surface area contributed by atoms with Crippen LogP contribution in [0.3, 0.4) is 0 Å². The van der Waals surface area contributed by atoms with E-state index in [0.29, 0.717) is 28.0 Å². The maximum atomic E-state index is 15.7. The molecule has 0 saturated carbocycles. The maximum Gasteiger partial charge on any atom is 0.310 e. The molecule has 0 bridgehead atoms. The molecule has 0 aliphatic carbocycles. The highest BCUT2D eigenvalue weighted by Gasteiger charge is 2.27. The van der Waals surface area contributed by atoms with Crippen LogP contribution in [0.5, 0.6) is 5.75 Å². The monoisotopic (exact) mass is 563 g/mol. The van der Waals surface area contributed by atoms with Gasteiger partial charge in [0.05, 0.1) is 43.2 Å². The van der Waals surface area contributed by atoms with E-state index in [2.05, 4.69) is 15.8 Å². The molecule has 0 spiro atoms. The highest BCUT2D eigenvalue weighted by Crippen LogP contribution is 2.34. The van der Waals surface area contributed by atoms with E-state index in [1.807, 2.05) is 26.8 Å². The lowest BCUT2D eigenvalue weighted by atomic mass is 10.00. The molecule has 8 nitrogen and oxygen atoms in total. The molecule has 0 unspecified atom stereocenters. The first kappa shape index (κ1) is 29.1. The number of hydrogen-bond donors (Lipinski definition) is 1. The molecule has 0 radical (unpaired) electrons. The van der Waals surface area contributed by atoms with Crippen molar-refractivity contribution in [1.29, 1.82) is 5.26 Å². The number of benzene rings is 2. The first-order chi connectivity index (χ1) is 19.1. The lowest BCUT2D eigenvalue weighted by molar-refractivity contribution is -0.142. The number of rotatable bonds is 10. The van der Waals surface area contributed by atoms with Crippen molar-refractivity contribution in [1.82, 2.24) is 9.71 Å². The van der Waals surface area contributed by atoms with Crippen LogP contribution in [0, 0.1) is 17.1 Å². The Bertz CT molecular complexity index is 1560. The molecular formula is C30H30FN3O5S. The SMILES string of the molecule is CCOC(=O)Cc1ccc(C#N)cc1OCc1cc(-c2ccnc(CN[S@@+]([O-])C(C)(C)C)c2F)c2occc2c1. The van der Waals surface area contributed by atoms with Crippen molar-refractivity contribution in [3.05, 3.63) is 83.1 Å². The predicted molar refractivity (Wildman–Crippen MR) is 150 cm³/mol. The molecular weight excluding hydrogens is 533 g/mol. The van der Waals surface area contributed by atoms with Gasteiger partial charge in [-0.25, -0.2) is 4.39 Å². The number of fused-ring (bicyclic) bond motifs is 1. The van der Waals surface area contributed by atoms with Crippen LogP contribution in [0.25, 0.3) is 22.1 Å². The van der Waals surface area contributed by atoms with Crippen LogP contribution >= 0.6 is 0 Å². The lowest BCUT2D eigenvalue weighted by Crippen LogP contribution is -2.39. The van der Waals surface area contributed by atoms with Crippen LogP contribution in [-0.4, -0.2) is 26.9 Å². The number of ether oxygens (including phenoxy) is 2. The summed E-state index contributed by atoms with van der Waals surface area (Å²) in [5.41, 5.74) is 3.13. The molecule has 1 atom stereocenters. The van der Waals surface area contributed by atoms with Crippen LogP contribution < -0.4 is 9.46 Å². The number of nitrogens with zero attached hydrogens (tertiary/aromatic N) is 2. The molecule has 4 rings (SSSR count).